The van der Waals surface area contributed by atoms with Gasteiger partial charge in [-0.1, -0.05) is 43.3 Å². The molecule has 4 nitrogen and oxygen atoms in total. The average molecular weight is 290 g/mol. The van der Waals surface area contributed by atoms with Crippen molar-refractivity contribution in [1.29, 1.82) is 0 Å². The molecule has 106 valence electrons. The zero-order chi connectivity index (χ0) is 14.4. The molecular formula is C15H18N2O2S. The Labute approximate surface area is 119 Å². The molecule has 0 fully saturated rings. The van der Waals surface area contributed by atoms with Crippen LogP contribution in [-0.2, 0) is 16.6 Å². The summed E-state index contributed by atoms with van der Waals surface area (Å²) in [5, 5.41) is 3.15. The Kier molecular flexibility index (Phi) is 4.76. The van der Waals surface area contributed by atoms with Crippen LogP contribution in [-0.4, -0.2) is 15.0 Å². The van der Waals surface area contributed by atoms with Gasteiger partial charge in [0, 0.05) is 12.2 Å². The molecule has 5 heteroatoms. The smallest absolute Gasteiger partial charge is 0.262 e. The van der Waals surface area contributed by atoms with Gasteiger partial charge in [-0.2, -0.15) is 0 Å². The summed E-state index contributed by atoms with van der Waals surface area (Å²) in [5.41, 5.74) is 1.32. The van der Waals surface area contributed by atoms with Gasteiger partial charge in [-0.3, -0.25) is 4.72 Å². The second-order valence-electron chi connectivity index (χ2n) is 4.36. The minimum Gasteiger partial charge on any atom is -0.313 e. The summed E-state index contributed by atoms with van der Waals surface area (Å²) in [6.45, 7) is 3.31. The molecule has 0 saturated heterocycles. The monoisotopic (exact) mass is 290 g/mol. The van der Waals surface area contributed by atoms with Crippen LogP contribution in [0.3, 0.4) is 0 Å². The molecule has 2 N–H and O–H groups in total. The third-order valence-electron chi connectivity index (χ3n) is 2.85. The molecule has 0 aliphatic heterocycles. The number of benzene rings is 2. The molecule has 0 aliphatic rings. The van der Waals surface area contributed by atoms with Gasteiger partial charge in [0.25, 0.3) is 10.0 Å². The Morgan fingerprint density at radius 1 is 0.950 bits per heavy atom. The lowest BCUT2D eigenvalue weighted by atomic mass is 10.2. The minimum absolute atomic E-state index is 0.310. The van der Waals surface area contributed by atoms with Crippen molar-refractivity contribution in [2.24, 2.45) is 0 Å². The molecule has 2 rings (SSSR count). The van der Waals surface area contributed by atoms with E-state index in [1.807, 2.05) is 25.1 Å². The highest BCUT2D eigenvalue weighted by molar-refractivity contribution is 7.92. The Hall–Kier alpha value is -1.85. The van der Waals surface area contributed by atoms with Crippen LogP contribution >= 0.6 is 0 Å². The fourth-order valence-corrected chi connectivity index (χ4v) is 3.19. The fraction of sp³-hybridized carbons (Fsp3) is 0.200. The third-order valence-corrected chi connectivity index (χ3v) is 4.34. The van der Waals surface area contributed by atoms with Gasteiger partial charge in [0.15, 0.2) is 0 Å². The topological polar surface area (TPSA) is 58.2 Å². The van der Waals surface area contributed by atoms with Crippen LogP contribution in [0.1, 0.15) is 12.5 Å². The largest absolute Gasteiger partial charge is 0.313 e. The van der Waals surface area contributed by atoms with E-state index in [0.29, 0.717) is 17.1 Å². The molecule has 0 unspecified atom stereocenters. The second kappa shape index (κ2) is 6.54. The SMILES string of the molecule is CCNCc1ccccc1S(=O)(=O)Nc1ccccc1. The van der Waals surface area contributed by atoms with Gasteiger partial charge in [-0.25, -0.2) is 8.42 Å². The van der Waals surface area contributed by atoms with Gasteiger partial charge < -0.3 is 5.32 Å². The third kappa shape index (κ3) is 3.59. The Bertz CT molecular complexity index is 655. The summed E-state index contributed by atoms with van der Waals surface area (Å²) >= 11 is 0. The highest BCUT2D eigenvalue weighted by atomic mass is 32.2. The van der Waals surface area contributed by atoms with Crippen LogP contribution < -0.4 is 10.0 Å². The predicted molar refractivity (Wildman–Crippen MR) is 81.1 cm³/mol. The van der Waals surface area contributed by atoms with E-state index in [0.717, 1.165) is 12.1 Å². The zero-order valence-corrected chi connectivity index (χ0v) is 12.2. The van der Waals surface area contributed by atoms with Gasteiger partial charge in [-0.15, -0.1) is 0 Å². The molecule has 0 atom stereocenters. The van der Waals surface area contributed by atoms with E-state index in [4.69, 9.17) is 0 Å². The number of nitrogens with one attached hydrogen (secondary N) is 2. The molecule has 0 spiro atoms. The molecule has 0 aliphatic carbocycles. The summed E-state index contributed by atoms with van der Waals surface area (Å²) in [6, 6.07) is 15.9. The van der Waals surface area contributed by atoms with Gasteiger partial charge >= 0.3 is 0 Å². The zero-order valence-electron chi connectivity index (χ0n) is 11.3. The first-order valence-corrected chi connectivity index (χ1v) is 7.98. The van der Waals surface area contributed by atoms with E-state index < -0.39 is 10.0 Å². The first kappa shape index (κ1) is 14.6. The molecule has 2 aromatic rings. The summed E-state index contributed by atoms with van der Waals surface area (Å²) in [6.07, 6.45) is 0. The summed E-state index contributed by atoms with van der Waals surface area (Å²) < 4.78 is 27.5. The maximum Gasteiger partial charge on any atom is 0.262 e. The van der Waals surface area contributed by atoms with E-state index in [1.165, 1.54) is 0 Å². The number of para-hydroxylation sites is 1. The van der Waals surface area contributed by atoms with Crippen LogP contribution in [0.15, 0.2) is 59.5 Å². The molecular weight excluding hydrogens is 272 g/mol. The standard InChI is InChI=1S/C15H18N2O2S/c1-2-16-12-13-8-6-7-11-15(13)20(18,19)17-14-9-4-3-5-10-14/h3-11,16-17H,2,12H2,1H3. The van der Waals surface area contributed by atoms with Gasteiger partial charge in [0.2, 0.25) is 0 Å². The van der Waals surface area contributed by atoms with Crippen molar-refractivity contribution < 1.29 is 8.42 Å². The Morgan fingerprint density at radius 2 is 1.60 bits per heavy atom. The first-order chi connectivity index (χ1) is 9.63. The molecule has 0 heterocycles. The van der Waals surface area contributed by atoms with Crippen LogP contribution in [0.5, 0.6) is 0 Å². The lowest BCUT2D eigenvalue weighted by Crippen LogP contribution is -2.18. The van der Waals surface area contributed by atoms with E-state index in [-0.39, 0.29) is 0 Å². The average Bonchev–Trinajstić information content (AvgIpc) is 2.46. The first-order valence-electron chi connectivity index (χ1n) is 6.50. The summed E-state index contributed by atoms with van der Waals surface area (Å²) in [5.74, 6) is 0. The van der Waals surface area contributed by atoms with Crippen molar-refractivity contribution in [1.82, 2.24) is 5.32 Å². The van der Waals surface area contributed by atoms with Gasteiger partial charge in [-0.05, 0) is 30.3 Å². The van der Waals surface area contributed by atoms with Crippen LogP contribution in [0.2, 0.25) is 0 Å². The molecule has 2 aromatic carbocycles. The fourth-order valence-electron chi connectivity index (χ4n) is 1.89. The number of hydrogen-bond acceptors (Lipinski definition) is 3. The maximum atomic E-state index is 12.4. The van der Waals surface area contributed by atoms with Crippen molar-refractivity contribution in [2.45, 2.75) is 18.4 Å². The maximum absolute atomic E-state index is 12.4. The summed E-state index contributed by atoms with van der Waals surface area (Å²) in [7, 11) is -3.56. The molecule has 0 amide bonds. The molecule has 0 bridgehead atoms. The molecule has 0 radical (unpaired) electrons. The number of sulfonamides is 1. The van der Waals surface area contributed by atoms with Crippen molar-refractivity contribution in [3.05, 3.63) is 60.2 Å². The lowest BCUT2D eigenvalue weighted by Gasteiger charge is -2.12. The van der Waals surface area contributed by atoms with E-state index in [2.05, 4.69) is 10.0 Å². The Balaban J connectivity index is 2.30. The number of anilines is 1. The van der Waals surface area contributed by atoms with E-state index in [9.17, 15) is 8.42 Å². The highest BCUT2D eigenvalue weighted by Crippen LogP contribution is 2.19. The predicted octanol–water partition coefficient (Wildman–Crippen LogP) is 2.60. The lowest BCUT2D eigenvalue weighted by molar-refractivity contribution is 0.598. The minimum atomic E-state index is -3.56. The van der Waals surface area contributed by atoms with E-state index in [1.54, 1.807) is 36.4 Å². The molecule has 20 heavy (non-hydrogen) atoms. The van der Waals surface area contributed by atoms with Crippen molar-refractivity contribution in [3.63, 3.8) is 0 Å². The number of rotatable bonds is 6. The Morgan fingerprint density at radius 3 is 2.30 bits per heavy atom. The second-order valence-corrected chi connectivity index (χ2v) is 6.01. The molecule has 0 saturated carbocycles. The summed E-state index contributed by atoms with van der Waals surface area (Å²) in [4.78, 5) is 0.310. The number of hydrogen-bond donors (Lipinski definition) is 2. The van der Waals surface area contributed by atoms with E-state index >= 15 is 0 Å². The van der Waals surface area contributed by atoms with Gasteiger partial charge in [0.1, 0.15) is 0 Å². The van der Waals surface area contributed by atoms with Crippen molar-refractivity contribution in [3.8, 4) is 0 Å². The normalized spacial score (nSPS) is 11.2. The van der Waals surface area contributed by atoms with Crippen LogP contribution in [0.4, 0.5) is 5.69 Å². The molecule has 0 aromatic heterocycles. The highest BCUT2D eigenvalue weighted by Gasteiger charge is 2.17. The van der Waals surface area contributed by atoms with Crippen molar-refractivity contribution in [2.75, 3.05) is 11.3 Å². The van der Waals surface area contributed by atoms with Crippen LogP contribution in [0.25, 0.3) is 0 Å². The van der Waals surface area contributed by atoms with Crippen LogP contribution in [0, 0.1) is 0 Å². The van der Waals surface area contributed by atoms with Gasteiger partial charge in [0.05, 0.1) is 4.90 Å². The quantitative estimate of drug-likeness (QED) is 0.859. The van der Waals surface area contributed by atoms with Crippen molar-refractivity contribution >= 4 is 15.7 Å².